The van der Waals surface area contributed by atoms with E-state index in [0.717, 1.165) is 10.7 Å². The molecule has 1 amide bonds. The molecule has 1 aliphatic rings. The Labute approximate surface area is 141 Å². The normalized spacial score (nSPS) is 27.3. The average Bonchev–Trinajstić information content (AvgIpc) is 3.00. The van der Waals surface area contributed by atoms with Crippen LogP contribution in [0.3, 0.4) is 0 Å². The first-order valence-electron chi connectivity index (χ1n) is 7.92. The van der Waals surface area contributed by atoms with E-state index in [1.807, 2.05) is 33.1 Å². The van der Waals surface area contributed by atoms with E-state index in [2.05, 4.69) is 10.3 Å². The van der Waals surface area contributed by atoms with Gasteiger partial charge in [0.2, 0.25) is 5.91 Å². The lowest BCUT2D eigenvalue weighted by Gasteiger charge is -2.57. The van der Waals surface area contributed by atoms with Crippen LogP contribution in [0.15, 0.2) is 5.38 Å². The highest BCUT2D eigenvalue weighted by molar-refractivity contribution is 7.09. The SMILES string of the molecule is CCOC1CC(N)(C(=O)NCc2csc(C(C)OC)n2)C1(C)C. The van der Waals surface area contributed by atoms with E-state index in [9.17, 15) is 4.79 Å². The van der Waals surface area contributed by atoms with Crippen LogP contribution in [0.1, 0.15) is 50.9 Å². The largest absolute Gasteiger partial charge is 0.378 e. The summed E-state index contributed by atoms with van der Waals surface area (Å²) in [7, 11) is 1.65. The summed E-state index contributed by atoms with van der Waals surface area (Å²) in [6.45, 7) is 8.87. The lowest BCUT2D eigenvalue weighted by molar-refractivity contribution is -0.170. The van der Waals surface area contributed by atoms with Crippen molar-refractivity contribution in [2.45, 2.75) is 58.4 Å². The monoisotopic (exact) mass is 341 g/mol. The van der Waals surface area contributed by atoms with Crippen molar-refractivity contribution in [3.05, 3.63) is 16.1 Å². The van der Waals surface area contributed by atoms with Crippen LogP contribution < -0.4 is 11.1 Å². The first-order chi connectivity index (χ1) is 10.8. The lowest BCUT2D eigenvalue weighted by atomic mass is 9.54. The van der Waals surface area contributed by atoms with Gasteiger partial charge in [0, 0.05) is 30.9 Å². The topological polar surface area (TPSA) is 86.5 Å². The number of methoxy groups -OCH3 is 1. The molecular formula is C16H27N3O3S. The molecule has 0 aromatic carbocycles. The highest BCUT2D eigenvalue weighted by Gasteiger charge is 2.62. The van der Waals surface area contributed by atoms with Gasteiger partial charge in [0.1, 0.15) is 16.7 Å². The number of carbonyl (C=O) groups excluding carboxylic acids is 1. The van der Waals surface area contributed by atoms with Crippen LogP contribution in [0.2, 0.25) is 0 Å². The molecule has 130 valence electrons. The van der Waals surface area contributed by atoms with E-state index in [-0.39, 0.29) is 23.5 Å². The summed E-state index contributed by atoms with van der Waals surface area (Å²) in [6.07, 6.45) is 0.530. The zero-order valence-electron chi connectivity index (χ0n) is 14.5. The van der Waals surface area contributed by atoms with Crippen LogP contribution in [0.4, 0.5) is 0 Å². The molecule has 0 saturated heterocycles. The second-order valence-corrected chi connectivity index (χ2v) is 7.47. The fourth-order valence-electron chi connectivity index (χ4n) is 2.84. The van der Waals surface area contributed by atoms with Crippen LogP contribution in [-0.4, -0.2) is 36.3 Å². The van der Waals surface area contributed by atoms with Gasteiger partial charge in [0.05, 0.1) is 18.3 Å². The van der Waals surface area contributed by atoms with E-state index in [1.54, 1.807) is 7.11 Å². The Bertz CT molecular complexity index is 561. The molecule has 0 aliphatic heterocycles. The Balaban J connectivity index is 1.94. The summed E-state index contributed by atoms with van der Waals surface area (Å²) in [6, 6.07) is 0. The van der Waals surface area contributed by atoms with Crippen LogP contribution in [0, 0.1) is 5.41 Å². The zero-order valence-corrected chi connectivity index (χ0v) is 15.3. The van der Waals surface area contributed by atoms with Gasteiger partial charge in [-0.05, 0) is 13.8 Å². The van der Waals surface area contributed by atoms with Crippen LogP contribution in [0.5, 0.6) is 0 Å². The molecule has 2 rings (SSSR count). The number of hydrogen-bond acceptors (Lipinski definition) is 6. The van der Waals surface area contributed by atoms with Crippen molar-refractivity contribution >= 4 is 17.2 Å². The van der Waals surface area contributed by atoms with Crippen molar-refractivity contribution in [2.24, 2.45) is 11.1 Å². The van der Waals surface area contributed by atoms with Crippen molar-refractivity contribution in [2.75, 3.05) is 13.7 Å². The maximum atomic E-state index is 12.5. The Morgan fingerprint density at radius 1 is 1.61 bits per heavy atom. The van der Waals surface area contributed by atoms with Gasteiger partial charge in [-0.25, -0.2) is 4.98 Å². The third kappa shape index (κ3) is 3.28. The van der Waals surface area contributed by atoms with Gasteiger partial charge in [-0.3, -0.25) is 4.79 Å². The number of nitrogens with one attached hydrogen (secondary N) is 1. The fraction of sp³-hybridized carbons (Fsp3) is 0.750. The van der Waals surface area contributed by atoms with E-state index >= 15 is 0 Å². The van der Waals surface area contributed by atoms with Gasteiger partial charge in [0.25, 0.3) is 0 Å². The van der Waals surface area contributed by atoms with E-state index in [0.29, 0.717) is 19.6 Å². The molecular weight excluding hydrogens is 314 g/mol. The number of rotatable bonds is 7. The number of amides is 1. The minimum atomic E-state index is -0.897. The molecule has 0 radical (unpaired) electrons. The first kappa shape index (κ1) is 18.3. The summed E-state index contributed by atoms with van der Waals surface area (Å²) < 4.78 is 10.9. The van der Waals surface area contributed by atoms with E-state index < -0.39 is 5.54 Å². The summed E-state index contributed by atoms with van der Waals surface area (Å²) in [4.78, 5) is 17.0. The first-order valence-corrected chi connectivity index (χ1v) is 8.80. The number of nitrogens with zero attached hydrogens (tertiary/aromatic N) is 1. The van der Waals surface area contributed by atoms with Gasteiger partial charge < -0.3 is 20.5 Å². The van der Waals surface area contributed by atoms with E-state index in [4.69, 9.17) is 15.2 Å². The number of thiazole rings is 1. The number of nitrogens with two attached hydrogens (primary N) is 1. The fourth-order valence-corrected chi connectivity index (χ4v) is 3.69. The second kappa shape index (κ2) is 6.84. The second-order valence-electron chi connectivity index (χ2n) is 6.58. The standard InChI is InChI=1S/C16H27N3O3S/c1-6-22-12-7-16(17,15(12,3)4)14(20)18-8-11-9-23-13(19-11)10(2)21-5/h9-10,12H,6-8,17H2,1-5H3,(H,18,20). The minimum Gasteiger partial charge on any atom is -0.378 e. The lowest BCUT2D eigenvalue weighted by Crippen LogP contribution is -2.75. The molecule has 1 aromatic rings. The number of aromatic nitrogens is 1. The molecule has 1 heterocycles. The van der Waals surface area contributed by atoms with Gasteiger partial charge in [-0.1, -0.05) is 13.8 Å². The van der Waals surface area contributed by atoms with Gasteiger partial charge in [-0.15, -0.1) is 11.3 Å². The van der Waals surface area contributed by atoms with E-state index in [1.165, 1.54) is 11.3 Å². The maximum Gasteiger partial charge on any atom is 0.241 e. The van der Waals surface area contributed by atoms with Crippen molar-refractivity contribution in [1.82, 2.24) is 10.3 Å². The van der Waals surface area contributed by atoms with Crippen LogP contribution in [-0.2, 0) is 20.8 Å². The van der Waals surface area contributed by atoms with Gasteiger partial charge >= 0.3 is 0 Å². The molecule has 1 aliphatic carbocycles. The van der Waals surface area contributed by atoms with Gasteiger partial charge in [-0.2, -0.15) is 0 Å². The van der Waals surface area contributed by atoms with Crippen molar-refractivity contribution < 1.29 is 14.3 Å². The molecule has 3 atom stereocenters. The highest BCUT2D eigenvalue weighted by Crippen LogP contribution is 2.49. The molecule has 3 unspecified atom stereocenters. The quantitative estimate of drug-likeness (QED) is 0.792. The third-order valence-corrected chi connectivity index (χ3v) is 5.99. The Morgan fingerprint density at radius 2 is 2.30 bits per heavy atom. The molecule has 1 saturated carbocycles. The molecule has 1 aromatic heterocycles. The number of ether oxygens (including phenoxy) is 2. The molecule has 0 spiro atoms. The number of carbonyl (C=O) groups is 1. The number of hydrogen-bond donors (Lipinski definition) is 2. The molecule has 23 heavy (non-hydrogen) atoms. The predicted molar refractivity (Wildman–Crippen MR) is 90.1 cm³/mol. The highest BCUT2D eigenvalue weighted by atomic mass is 32.1. The summed E-state index contributed by atoms with van der Waals surface area (Å²) in [5.41, 5.74) is 5.90. The Morgan fingerprint density at radius 3 is 2.87 bits per heavy atom. The summed E-state index contributed by atoms with van der Waals surface area (Å²) in [5, 5.41) is 5.75. The zero-order chi connectivity index (χ0) is 17.3. The average molecular weight is 341 g/mol. The predicted octanol–water partition coefficient (Wildman–Crippen LogP) is 2.00. The molecule has 0 bridgehead atoms. The summed E-state index contributed by atoms with van der Waals surface area (Å²) in [5.74, 6) is -0.146. The van der Waals surface area contributed by atoms with Crippen molar-refractivity contribution in [3.8, 4) is 0 Å². The maximum absolute atomic E-state index is 12.5. The van der Waals surface area contributed by atoms with Crippen LogP contribution in [0.25, 0.3) is 0 Å². The van der Waals surface area contributed by atoms with Crippen molar-refractivity contribution in [3.63, 3.8) is 0 Å². The molecule has 6 nitrogen and oxygen atoms in total. The minimum absolute atomic E-state index is 0.0247. The smallest absolute Gasteiger partial charge is 0.241 e. The summed E-state index contributed by atoms with van der Waals surface area (Å²) >= 11 is 1.53. The molecule has 3 N–H and O–H groups in total. The van der Waals surface area contributed by atoms with Crippen molar-refractivity contribution in [1.29, 1.82) is 0 Å². The van der Waals surface area contributed by atoms with Gasteiger partial charge in [0.15, 0.2) is 0 Å². The molecule has 1 fully saturated rings. The molecule has 7 heteroatoms. The third-order valence-electron chi connectivity index (χ3n) is 4.94. The van der Waals surface area contributed by atoms with Crippen LogP contribution >= 0.6 is 11.3 Å². The Hall–Kier alpha value is -1.02. The Kier molecular flexibility index (Phi) is 5.45.